The maximum absolute atomic E-state index is 12.8. The van der Waals surface area contributed by atoms with Gasteiger partial charge in [0.2, 0.25) is 0 Å². The van der Waals surface area contributed by atoms with Gasteiger partial charge >= 0.3 is 6.36 Å². The van der Waals surface area contributed by atoms with Crippen molar-refractivity contribution in [3.8, 4) is 5.75 Å². The normalized spacial score (nSPS) is 32.1. The smallest absolute Gasteiger partial charge is 0.404 e. The van der Waals surface area contributed by atoms with Crippen molar-refractivity contribution in [3.63, 3.8) is 0 Å². The van der Waals surface area contributed by atoms with Gasteiger partial charge in [-0.2, -0.15) is 0 Å². The van der Waals surface area contributed by atoms with Crippen LogP contribution in [0.5, 0.6) is 5.75 Å². The zero-order chi connectivity index (χ0) is 19.8. The first-order valence-electron chi connectivity index (χ1n) is 10.4. The SMILES string of the molecule is OC1CCC(N2CC[C@]3(CCCN(c4ccccc4OC(F)(F)F)C3)C2)CC1. The molecule has 0 bridgehead atoms. The van der Waals surface area contributed by atoms with Crippen molar-refractivity contribution in [1.29, 1.82) is 0 Å². The van der Waals surface area contributed by atoms with Crippen LogP contribution in [0.25, 0.3) is 0 Å². The molecule has 7 heteroatoms. The number of ether oxygens (including phenoxy) is 1. The molecule has 1 N–H and O–H groups in total. The number of benzene rings is 1. The Morgan fingerprint density at radius 1 is 1.00 bits per heavy atom. The second-order valence-electron chi connectivity index (χ2n) is 8.72. The third-order valence-corrected chi connectivity index (χ3v) is 6.74. The summed E-state index contributed by atoms with van der Waals surface area (Å²) in [6.07, 6.45) is 2.21. The maximum atomic E-state index is 12.8. The third kappa shape index (κ3) is 4.40. The summed E-state index contributed by atoms with van der Waals surface area (Å²) in [5.41, 5.74) is 0.678. The van der Waals surface area contributed by atoms with Gasteiger partial charge in [-0.1, -0.05) is 12.1 Å². The Morgan fingerprint density at radius 3 is 2.50 bits per heavy atom. The van der Waals surface area contributed by atoms with Crippen LogP contribution in [0.3, 0.4) is 0 Å². The topological polar surface area (TPSA) is 35.9 Å². The van der Waals surface area contributed by atoms with Crippen molar-refractivity contribution < 1.29 is 23.0 Å². The van der Waals surface area contributed by atoms with E-state index >= 15 is 0 Å². The molecule has 1 saturated carbocycles. The predicted octanol–water partition coefficient (Wildman–Crippen LogP) is 4.18. The average molecular weight is 398 g/mol. The van der Waals surface area contributed by atoms with Crippen molar-refractivity contribution in [3.05, 3.63) is 24.3 Å². The number of halogens is 3. The first kappa shape index (κ1) is 19.8. The standard InChI is InChI=1S/C21H29F3N2O2/c22-21(23,24)28-19-5-2-1-4-18(19)26-12-3-10-20(15-26)11-13-25(14-20)16-6-8-17(27)9-7-16/h1-2,4-5,16-17,27H,3,6-15H2/t16?,17?,20-/m1/s1. The second kappa shape index (κ2) is 7.75. The highest BCUT2D eigenvalue weighted by Gasteiger charge is 2.44. The molecule has 1 aromatic rings. The summed E-state index contributed by atoms with van der Waals surface area (Å²) in [6.45, 7) is 3.59. The van der Waals surface area contributed by atoms with Crippen molar-refractivity contribution in [2.24, 2.45) is 5.41 Å². The van der Waals surface area contributed by atoms with Crippen molar-refractivity contribution in [1.82, 2.24) is 4.90 Å². The van der Waals surface area contributed by atoms with Crippen molar-refractivity contribution >= 4 is 5.69 Å². The summed E-state index contributed by atoms with van der Waals surface area (Å²) in [4.78, 5) is 4.65. The molecule has 0 amide bonds. The molecule has 1 aliphatic carbocycles. The zero-order valence-corrected chi connectivity index (χ0v) is 16.1. The van der Waals surface area contributed by atoms with E-state index in [2.05, 4.69) is 14.5 Å². The van der Waals surface area contributed by atoms with Gasteiger partial charge in [-0.25, -0.2) is 0 Å². The van der Waals surface area contributed by atoms with Gasteiger partial charge in [0.15, 0.2) is 5.75 Å². The van der Waals surface area contributed by atoms with Crippen molar-refractivity contribution in [2.75, 3.05) is 31.1 Å². The van der Waals surface area contributed by atoms with E-state index in [0.29, 0.717) is 11.7 Å². The highest BCUT2D eigenvalue weighted by Crippen LogP contribution is 2.44. The van der Waals surface area contributed by atoms with Crippen LogP contribution in [-0.4, -0.2) is 54.7 Å². The number of para-hydroxylation sites is 2. The van der Waals surface area contributed by atoms with E-state index in [4.69, 9.17) is 0 Å². The molecule has 4 rings (SSSR count). The second-order valence-corrected chi connectivity index (χ2v) is 8.72. The van der Waals surface area contributed by atoms with Gasteiger partial charge in [0.25, 0.3) is 0 Å². The number of rotatable bonds is 3. The van der Waals surface area contributed by atoms with Gasteiger partial charge in [0, 0.05) is 31.1 Å². The number of alkyl halides is 3. The van der Waals surface area contributed by atoms with Crippen LogP contribution in [0.1, 0.15) is 44.9 Å². The predicted molar refractivity (Wildman–Crippen MR) is 101 cm³/mol. The molecular weight excluding hydrogens is 369 g/mol. The number of aliphatic hydroxyl groups is 1. The zero-order valence-electron chi connectivity index (χ0n) is 16.1. The summed E-state index contributed by atoms with van der Waals surface area (Å²) in [5.74, 6) is -0.108. The molecule has 1 spiro atoms. The fraction of sp³-hybridized carbons (Fsp3) is 0.714. The summed E-state index contributed by atoms with van der Waals surface area (Å²) < 4.78 is 42.7. The molecule has 1 aromatic carbocycles. The largest absolute Gasteiger partial charge is 0.573 e. The monoisotopic (exact) mass is 398 g/mol. The van der Waals surface area contributed by atoms with Gasteiger partial charge in [-0.3, -0.25) is 4.90 Å². The van der Waals surface area contributed by atoms with Crippen LogP contribution < -0.4 is 9.64 Å². The fourth-order valence-electron chi connectivity index (χ4n) is 5.38. The van der Waals surface area contributed by atoms with Crippen LogP contribution in [0.2, 0.25) is 0 Å². The van der Waals surface area contributed by atoms with E-state index in [1.165, 1.54) is 6.07 Å². The Bertz CT molecular complexity index is 676. The molecule has 3 aliphatic rings. The molecular formula is C21H29F3N2O2. The van der Waals surface area contributed by atoms with Crippen LogP contribution in [0, 0.1) is 5.41 Å². The van der Waals surface area contributed by atoms with Crippen molar-refractivity contribution in [2.45, 2.75) is 63.5 Å². The lowest BCUT2D eigenvalue weighted by atomic mass is 9.79. The highest BCUT2D eigenvalue weighted by molar-refractivity contribution is 5.59. The Hall–Kier alpha value is -1.47. The van der Waals surface area contributed by atoms with Gasteiger partial charge < -0.3 is 14.7 Å². The van der Waals surface area contributed by atoms with Crippen LogP contribution in [0.4, 0.5) is 18.9 Å². The number of aliphatic hydroxyl groups excluding tert-OH is 1. The van der Waals surface area contributed by atoms with E-state index in [1.807, 2.05) is 0 Å². The Morgan fingerprint density at radius 2 is 1.75 bits per heavy atom. The van der Waals surface area contributed by atoms with E-state index in [-0.39, 0.29) is 17.3 Å². The van der Waals surface area contributed by atoms with Crippen LogP contribution in [-0.2, 0) is 0 Å². The van der Waals surface area contributed by atoms with E-state index in [0.717, 1.165) is 71.1 Å². The number of anilines is 1. The number of hydrogen-bond donors (Lipinski definition) is 1. The lowest BCUT2D eigenvalue weighted by Gasteiger charge is -2.43. The number of likely N-dealkylation sites (tertiary alicyclic amines) is 1. The molecule has 2 saturated heterocycles. The minimum absolute atomic E-state index is 0.108. The molecule has 0 aromatic heterocycles. The molecule has 3 fully saturated rings. The maximum Gasteiger partial charge on any atom is 0.573 e. The summed E-state index contributed by atoms with van der Waals surface area (Å²) in [5, 5.41) is 9.76. The molecule has 4 nitrogen and oxygen atoms in total. The molecule has 2 aliphatic heterocycles. The molecule has 0 unspecified atom stereocenters. The van der Waals surface area contributed by atoms with E-state index in [9.17, 15) is 18.3 Å². The molecule has 1 atom stereocenters. The highest BCUT2D eigenvalue weighted by atomic mass is 19.4. The lowest BCUT2D eigenvalue weighted by Crippen LogP contribution is -2.46. The minimum atomic E-state index is -4.68. The summed E-state index contributed by atoms with van der Waals surface area (Å²) in [6, 6.07) is 7.03. The quantitative estimate of drug-likeness (QED) is 0.829. The number of nitrogens with zero attached hydrogens (tertiary/aromatic N) is 2. The summed E-state index contributed by atoms with van der Waals surface area (Å²) >= 11 is 0. The van der Waals surface area contributed by atoms with Gasteiger partial charge in [-0.15, -0.1) is 13.2 Å². The van der Waals surface area contributed by atoms with Gasteiger partial charge in [-0.05, 0) is 63.6 Å². The molecule has 0 radical (unpaired) electrons. The van der Waals surface area contributed by atoms with Crippen LogP contribution in [0.15, 0.2) is 24.3 Å². The molecule has 2 heterocycles. The Kier molecular flexibility index (Phi) is 5.49. The van der Waals surface area contributed by atoms with E-state index in [1.54, 1.807) is 18.2 Å². The Labute approximate surface area is 164 Å². The molecule has 28 heavy (non-hydrogen) atoms. The minimum Gasteiger partial charge on any atom is -0.404 e. The van der Waals surface area contributed by atoms with E-state index < -0.39 is 6.36 Å². The third-order valence-electron chi connectivity index (χ3n) is 6.74. The Balaban J connectivity index is 1.45. The van der Waals surface area contributed by atoms with Gasteiger partial charge in [0.1, 0.15) is 0 Å². The fourth-order valence-corrected chi connectivity index (χ4v) is 5.38. The number of piperidine rings is 1. The average Bonchev–Trinajstić information content (AvgIpc) is 3.04. The molecule has 156 valence electrons. The van der Waals surface area contributed by atoms with Gasteiger partial charge in [0.05, 0.1) is 11.8 Å². The first-order chi connectivity index (χ1) is 13.3. The first-order valence-corrected chi connectivity index (χ1v) is 10.4. The summed E-state index contributed by atoms with van der Waals surface area (Å²) in [7, 11) is 0. The number of hydrogen-bond acceptors (Lipinski definition) is 4. The lowest BCUT2D eigenvalue weighted by molar-refractivity contribution is -0.274. The van der Waals surface area contributed by atoms with Crippen LogP contribution >= 0.6 is 0 Å².